The van der Waals surface area contributed by atoms with Crippen molar-refractivity contribution in [2.24, 2.45) is 5.92 Å². The number of anilines is 1. The molecule has 0 aliphatic heterocycles. The van der Waals surface area contributed by atoms with E-state index in [1.165, 1.54) is 11.3 Å². The van der Waals surface area contributed by atoms with Crippen LogP contribution in [0.2, 0.25) is 0 Å². The number of rotatable bonds is 5. The van der Waals surface area contributed by atoms with E-state index < -0.39 is 0 Å². The number of fused-ring (bicyclic) bond motifs is 1. The molecule has 0 unspecified atom stereocenters. The number of amides is 1. The minimum atomic E-state index is -0.199. The number of hydrogen-bond donors (Lipinski definition) is 2. The Morgan fingerprint density at radius 2 is 1.96 bits per heavy atom. The molecule has 1 amide bonds. The summed E-state index contributed by atoms with van der Waals surface area (Å²) in [7, 11) is 0. The monoisotopic (exact) mass is 376 g/mol. The van der Waals surface area contributed by atoms with Crippen LogP contribution in [0.25, 0.3) is 21.9 Å². The molecule has 136 valence electrons. The average Bonchev–Trinajstić information content (AvgIpc) is 3.31. The second kappa shape index (κ2) is 7.32. The Balaban J connectivity index is 1.59. The standard InChI is InChI=1S/C21H20N4OS/c1-13(2)18(14-6-4-3-5-7-14)20(26)23-15-8-9-16-17(12-15)25-19(24-16)21-22-10-11-27-21/h3-13,18H,1-2H3,(H,23,26)(H,24,25)/t18-/m0/s1. The van der Waals surface area contributed by atoms with Crippen LogP contribution in [0.5, 0.6) is 0 Å². The molecule has 0 radical (unpaired) electrons. The third-order valence-corrected chi connectivity index (χ3v) is 5.27. The van der Waals surface area contributed by atoms with Gasteiger partial charge in [0.2, 0.25) is 5.91 Å². The number of thiazole rings is 1. The molecule has 0 bridgehead atoms. The molecule has 2 N–H and O–H groups in total. The summed E-state index contributed by atoms with van der Waals surface area (Å²) in [6, 6.07) is 15.6. The van der Waals surface area contributed by atoms with E-state index in [2.05, 4.69) is 34.1 Å². The van der Waals surface area contributed by atoms with Gasteiger partial charge in [-0.15, -0.1) is 11.3 Å². The van der Waals surface area contributed by atoms with Crippen LogP contribution in [0.3, 0.4) is 0 Å². The molecule has 2 heterocycles. The van der Waals surface area contributed by atoms with Crippen molar-refractivity contribution in [1.82, 2.24) is 15.0 Å². The maximum absolute atomic E-state index is 12.9. The lowest BCUT2D eigenvalue weighted by molar-refractivity contribution is -0.118. The first-order valence-electron chi connectivity index (χ1n) is 8.87. The fourth-order valence-corrected chi connectivity index (χ4v) is 3.83. The Morgan fingerprint density at radius 3 is 2.67 bits per heavy atom. The average molecular weight is 376 g/mol. The van der Waals surface area contributed by atoms with E-state index in [0.717, 1.165) is 33.1 Å². The SMILES string of the molecule is CC(C)[C@H](C(=O)Nc1ccc2nc(-c3nccs3)[nH]c2c1)c1ccccc1. The van der Waals surface area contributed by atoms with Crippen LogP contribution < -0.4 is 5.32 Å². The number of aromatic amines is 1. The van der Waals surface area contributed by atoms with Gasteiger partial charge in [-0.25, -0.2) is 9.97 Å². The lowest BCUT2D eigenvalue weighted by atomic mass is 9.87. The highest BCUT2D eigenvalue weighted by Gasteiger charge is 2.24. The molecule has 0 aliphatic rings. The largest absolute Gasteiger partial charge is 0.336 e. The van der Waals surface area contributed by atoms with Gasteiger partial charge in [0.15, 0.2) is 10.8 Å². The van der Waals surface area contributed by atoms with Crippen molar-refractivity contribution in [2.45, 2.75) is 19.8 Å². The molecule has 0 saturated heterocycles. The smallest absolute Gasteiger partial charge is 0.232 e. The Labute approximate surface area is 161 Å². The first kappa shape index (κ1) is 17.4. The first-order valence-corrected chi connectivity index (χ1v) is 9.75. The number of nitrogens with one attached hydrogen (secondary N) is 2. The molecule has 1 atom stereocenters. The summed E-state index contributed by atoms with van der Waals surface area (Å²) < 4.78 is 0. The predicted octanol–water partition coefficient (Wildman–Crippen LogP) is 5.06. The van der Waals surface area contributed by atoms with Gasteiger partial charge in [-0.1, -0.05) is 44.2 Å². The predicted molar refractivity (Wildman–Crippen MR) is 110 cm³/mol. The molecule has 0 fully saturated rings. The number of carbonyl (C=O) groups excluding carboxylic acids is 1. The van der Waals surface area contributed by atoms with Gasteiger partial charge in [0.05, 0.1) is 17.0 Å². The van der Waals surface area contributed by atoms with Crippen molar-refractivity contribution in [2.75, 3.05) is 5.32 Å². The number of nitrogens with zero attached hydrogens (tertiary/aromatic N) is 2. The van der Waals surface area contributed by atoms with E-state index in [1.54, 1.807) is 6.20 Å². The van der Waals surface area contributed by atoms with E-state index in [-0.39, 0.29) is 17.7 Å². The Hall–Kier alpha value is -2.99. The van der Waals surface area contributed by atoms with Gasteiger partial charge in [0.25, 0.3) is 0 Å². The normalized spacial score (nSPS) is 12.4. The molecule has 6 heteroatoms. The molecule has 2 aromatic carbocycles. The van der Waals surface area contributed by atoms with Crippen LogP contribution in [-0.2, 0) is 4.79 Å². The minimum Gasteiger partial charge on any atom is -0.336 e. The van der Waals surface area contributed by atoms with Gasteiger partial charge in [0, 0.05) is 17.3 Å². The van der Waals surface area contributed by atoms with Crippen LogP contribution in [0, 0.1) is 5.92 Å². The highest BCUT2D eigenvalue weighted by molar-refractivity contribution is 7.13. The summed E-state index contributed by atoms with van der Waals surface area (Å²) in [6.45, 7) is 4.13. The lowest BCUT2D eigenvalue weighted by Gasteiger charge is -2.20. The van der Waals surface area contributed by atoms with Gasteiger partial charge in [-0.05, 0) is 29.7 Å². The summed E-state index contributed by atoms with van der Waals surface area (Å²) in [5, 5.41) is 5.83. The molecule has 5 nitrogen and oxygen atoms in total. The fraction of sp³-hybridized carbons (Fsp3) is 0.190. The van der Waals surface area contributed by atoms with Crippen LogP contribution in [0.15, 0.2) is 60.1 Å². The summed E-state index contributed by atoms with van der Waals surface area (Å²) in [5.41, 5.74) is 3.50. The molecular weight excluding hydrogens is 356 g/mol. The minimum absolute atomic E-state index is 0.00443. The molecule has 0 aliphatic carbocycles. The third kappa shape index (κ3) is 3.61. The summed E-state index contributed by atoms with van der Waals surface area (Å²) in [5.74, 6) is 0.734. The molecule has 0 spiro atoms. The Morgan fingerprint density at radius 1 is 1.15 bits per heavy atom. The molecular formula is C21H20N4OS. The van der Waals surface area contributed by atoms with Crippen LogP contribution in [-0.4, -0.2) is 20.9 Å². The second-order valence-electron chi connectivity index (χ2n) is 6.78. The second-order valence-corrected chi connectivity index (χ2v) is 7.67. The quantitative estimate of drug-likeness (QED) is 0.511. The number of carbonyl (C=O) groups is 1. The number of imidazole rings is 1. The van der Waals surface area contributed by atoms with Gasteiger partial charge in [0.1, 0.15) is 0 Å². The zero-order valence-corrected chi connectivity index (χ0v) is 16.0. The fourth-order valence-electron chi connectivity index (χ4n) is 3.25. The Kier molecular flexibility index (Phi) is 4.73. The highest BCUT2D eigenvalue weighted by atomic mass is 32.1. The van der Waals surface area contributed by atoms with Gasteiger partial charge in [-0.2, -0.15) is 0 Å². The summed E-state index contributed by atoms with van der Waals surface area (Å²) in [4.78, 5) is 25.1. The Bertz CT molecular complexity index is 1050. The van der Waals surface area contributed by atoms with E-state index in [0.29, 0.717) is 0 Å². The molecule has 0 saturated carbocycles. The molecule has 2 aromatic heterocycles. The van der Waals surface area contributed by atoms with Crippen molar-refractivity contribution >= 4 is 34.0 Å². The summed E-state index contributed by atoms with van der Waals surface area (Å²) >= 11 is 1.54. The van der Waals surface area contributed by atoms with E-state index >= 15 is 0 Å². The van der Waals surface area contributed by atoms with Crippen molar-refractivity contribution in [1.29, 1.82) is 0 Å². The van der Waals surface area contributed by atoms with Crippen molar-refractivity contribution in [3.05, 3.63) is 65.7 Å². The maximum Gasteiger partial charge on any atom is 0.232 e. The molecule has 4 rings (SSSR count). The van der Waals surface area contributed by atoms with Crippen molar-refractivity contribution in [3.63, 3.8) is 0 Å². The molecule has 4 aromatic rings. The van der Waals surface area contributed by atoms with Crippen LogP contribution >= 0.6 is 11.3 Å². The third-order valence-electron chi connectivity index (χ3n) is 4.49. The van der Waals surface area contributed by atoms with E-state index in [9.17, 15) is 4.79 Å². The van der Waals surface area contributed by atoms with Crippen molar-refractivity contribution < 1.29 is 4.79 Å². The van der Waals surface area contributed by atoms with Crippen LogP contribution in [0.4, 0.5) is 5.69 Å². The van der Waals surface area contributed by atoms with Gasteiger partial charge in [-0.3, -0.25) is 4.79 Å². The number of aromatic nitrogens is 3. The maximum atomic E-state index is 12.9. The zero-order chi connectivity index (χ0) is 18.8. The number of benzene rings is 2. The van der Waals surface area contributed by atoms with Gasteiger partial charge < -0.3 is 10.3 Å². The van der Waals surface area contributed by atoms with Crippen molar-refractivity contribution in [3.8, 4) is 10.8 Å². The van der Waals surface area contributed by atoms with Gasteiger partial charge >= 0.3 is 0 Å². The van der Waals surface area contributed by atoms with Crippen LogP contribution in [0.1, 0.15) is 25.3 Å². The first-order chi connectivity index (χ1) is 13.1. The van der Waals surface area contributed by atoms with E-state index in [1.807, 2.05) is 53.9 Å². The molecule has 27 heavy (non-hydrogen) atoms. The number of hydrogen-bond acceptors (Lipinski definition) is 4. The highest BCUT2D eigenvalue weighted by Crippen LogP contribution is 2.28. The zero-order valence-electron chi connectivity index (χ0n) is 15.1. The topological polar surface area (TPSA) is 70.7 Å². The lowest BCUT2D eigenvalue weighted by Crippen LogP contribution is -2.25. The number of H-pyrrole nitrogens is 1. The summed E-state index contributed by atoms with van der Waals surface area (Å²) in [6.07, 6.45) is 1.76. The van der Waals surface area contributed by atoms with E-state index in [4.69, 9.17) is 0 Å².